The second kappa shape index (κ2) is 7.16. The zero-order chi connectivity index (χ0) is 20.5. The Kier molecular flexibility index (Phi) is 6.79. The summed E-state index contributed by atoms with van der Waals surface area (Å²) in [6, 6.07) is 0. The molecule has 2 atom stereocenters. The summed E-state index contributed by atoms with van der Waals surface area (Å²) in [6.07, 6.45) is -18.6. The summed E-state index contributed by atoms with van der Waals surface area (Å²) < 4.78 is 151. The van der Waals surface area contributed by atoms with E-state index < -0.39 is 68.3 Å². The van der Waals surface area contributed by atoms with E-state index >= 15 is 0 Å². The number of hydrogen-bond donors (Lipinski definition) is 0. The Hall–Kier alpha value is -1.27. The molecule has 0 aliphatic heterocycles. The molecule has 0 aromatic rings. The number of ether oxygens (including phenoxy) is 2. The van der Waals surface area contributed by atoms with Gasteiger partial charge >= 0.3 is 18.5 Å². The first-order chi connectivity index (χ1) is 10.8. The summed E-state index contributed by atoms with van der Waals surface area (Å²) in [5.41, 5.74) is -13.9. The topological polar surface area (TPSA) is 18.5 Å². The lowest BCUT2D eigenvalue weighted by molar-refractivity contribution is -0.248. The number of halogens is 11. The maximum atomic E-state index is 14.0. The molecule has 0 rings (SSSR count). The molecule has 0 heterocycles. The SMILES string of the molecule is COCCOC(=C(C(C)(F)C(F)(F)F)C(C)(F)C(F)(F)F)C(F)(F)F. The van der Waals surface area contributed by atoms with Gasteiger partial charge in [0.25, 0.3) is 0 Å². The Balaban J connectivity index is 6.80. The lowest BCUT2D eigenvalue weighted by atomic mass is 9.83. The van der Waals surface area contributed by atoms with Crippen LogP contribution in [0.5, 0.6) is 0 Å². The van der Waals surface area contributed by atoms with E-state index in [0.29, 0.717) is 0 Å². The monoisotopic (exact) mass is 398 g/mol. The lowest BCUT2D eigenvalue weighted by Gasteiger charge is -2.36. The maximum Gasteiger partial charge on any atom is 0.449 e. The first-order valence-corrected chi connectivity index (χ1v) is 6.27. The molecule has 0 aromatic heterocycles. The highest BCUT2D eigenvalue weighted by Crippen LogP contribution is 2.53. The minimum absolute atomic E-state index is 0.655. The van der Waals surface area contributed by atoms with E-state index in [9.17, 15) is 48.3 Å². The Bertz CT molecular complexity index is 455. The quantitative estimate of drug-likeness (QED) is 0.354. The average Bonchev–Trinajstić information content (AvgIpc) is 2.33. The van der Waals surface area contributed by atoms with Crippen LogP contribution < -0.4 is 0 Å². The van der Waals surface area contributed by atoms with E-state index in [0.717, 1.165) is 7.11 Å². The smallest absolute Gasteiger partial charge is 0.449 e. The summed E-state index contributed by atoms with van der Waals surface area (Å²) in [5, 5.41) is 0. The van der Waals surface area contributed by atoms with Crippen molar-refractivity contribution in [3.63, 3.8) is 0 Å². The summed E-state index contributed by atoms with van der Waals surface area (Å²) >= 11 is 0. The Labute approximate surface area is 134 Å². The van der Waals surface area contributed by atoms with Gasteiger partial charge in [-0.1, -0.05) is 0 Å². The number of rotatable bonds is 6. The van der Waals surface area contributed by atoms with Crippen LogP contribution in [0, 0.1) is 0 Å². The predicted molar refractivity (Wildman–Crippen MR) is 62.0 cm³/mol. The van der Waals surface area contributed by atoms with E-state index in [1.165, 1.54) is 0 Å². The van der Waals surface area contributed by atoms with Gasteiger partial charge in [-0.2, -0.15) is 39.5 Å². The molecule has 0 radical (unpaired) electrons. The number of allylic oxidation sites excluding steroid dienone is 2. The van der Waals surface area contributed by atoms with Crippen LogP contribution in [0.4, 0.5) is 48.3 Å². The maximum absolute atomic E-state index is 14.0. The second-order valence-corrected chi connectivity index (χ2v) is 5.04. The van der Waals surface area contributed by atoms with Gasteiger partial charge in [-0.05, 0) is 13.8 Å². The number of hydrogen-bond acceptors (Lipinski definition) is 2. The largest absolute Gasteiger partial charge is 0.486 e. The van der Waals surface area contributed by atoms with Crippen molar-refractivity contribution in [3.8, 4) is 0 Å². The molecule has 13 heteroatoms. The van der Waals surface area contributed by atoms with Crippen LogP contribution in [0.1, 0.15) is 13.8 Å². The van der Waals surface area contributed by atoms with Gasteiger partial charge in [0.1, 0.15) is 6.61 Å². The van der Waals surface area contributed by atoms with Gasteiger partial charge in [-0.15, -0.1) is 0 Å². The van der Waals surface area contributed by atoms with E-state index in [4.69, 9.17) is 0 Å². The second-order valence-electron chi connectivity index (χ2n) is 5.04. The molecular weight excluding hydrogens is 385 g/mol. The third-order valence-corrected chi connectivity index (χ3v) is 3.02. The molecular formula is C12H13F11O2. The van der Waals surface area contributed by atoms with E-state index in [2.05, 4.69) is 9.47 Å². The van der Waals surface area contributed by atoms with Crippen LogP contribution >= 0.6 is 0 Å². The molecule has 0 aliphatic rings. The summed E-state index contributed by atoms with van der Waals surface area (Å²) in [7, 11) is 0.936. The minimum atomic E-state index is -6.29. The van der Waals surface area contributed by atoms with Gasteiger partial charge in [0.2, 0.25) is 17.1 Å². The van der Waals surface area contributed by atoms with Crippen molar-refractivity contribution >= 4 is 0 Å². The Morgan fingerprint density at radius 1 is 0.680 bits per heavy atom. The molecule has 0 aromatic carbocycles. The molecule has 0 amide bonds. The minimum Gasteiger partial charge on any atom is -0.486 e. The molecule has 0 N–H and O–H groups in total. The van der Waals surface area contributed by atoms with Gasteiger partial charge in [-0.25, -0.2) is 8.78 Å². The first-order valence-electron chi connectivity index (χ1n) is 6.27. The predicted octanol–water partition coefficient (Wildman–Crippen LogP) is 5.05. The zero-order valence-corrected chi connectivity index (χ0v) is 12.9. The summed E-state index contributed by atoms with van der Waals surface area (Å²) in [5.74, 6) is -3.06. The molecule has 0 bridgehead atoms. The summed E-state index contributed by atoms with van der Waals surface area (Å²) in [4.78, 5) is 0. The van der Waals surface area contributed by atoms with Crippen LogP contribution in [0.15, 0.2) is 11.3 Å². The molecule has 25 heavy (non-hydrogen) atoms. The van der Waals surface area contributed by atoms with Crippen molar-refractivity contribution in [1.29, 1.82) is 0 Å². The Morgan fingerprint density at radius 3 is 1.28 bits per heavy atom. The lowest BCUT2D eigenvalue weighted by Crippen LogP contribution is -2.53. The highest BCUT2D eigenvalue weighted by atomic mass is 19.4. The van der Waals surface area contributed by atoms with Crippen molar-refractivity contribution in [3.05, 3.63) is 11.3 Å². The fourth-order valence-electron chi connectivity index (χ4n) is 1.67. The average molecular weight is 398 g/mol. The molecule has 0 fully saturated rings. The van der Waals surface area contributed by atoms with Crippen LogP contribution in [-0.2, 0) is 9.47 Å². The Morgan fingerprint density at radius 2 is 1.04 bits per heavy atom. The third-order valence-electron chi connectivity index (χ3n) is 3.02. The number of alkyl halides is 11. The zero-order valence-electron chi connectivity index (χ0n) is 12.9. The van der Waals surface area contributed by atoms with Crippen LogP contribution in [0.3, 0.4) is 0 Å². The van der Waals surface area contributed by atoms with Crippen molar-refractivity contribution in [1.82, 2.24) is 0 Å². The molecule has 2 unspecified atom stereocenters. The van der Waals surface area contributed by atoms with Crippen LogP contribution in [-0.4, -0.2) is 50.2 Å². The highest BCUT2D eigenvalue weighted by Gasteiger charge is 2.69. The van der Waals surface area contributed by atoms with Gasteiger partial charge in [0.15, 0.2) is 0 Å². The van der Waals surface area contributed by atoms with E-state index in [1.807, 2.05) is 0 Å². The first kappa shape index (κ1) is 23.7. The molecule has 0 saturated carbocycles. The van der Waals surface area contributed by atoms with Gasteiger partial charge in [0.05, 0.1) is 12.2 Å². The fraction of sp³-hybridized carbons (Fsp3) is 0.833. The van der Waals surface area contributed by atoms with Crippen LogP contribution in [0.25, 0.3) is 0 Å². The molecule has 0 aliphatic carbocycles. The third kappa shape index (κ3) is 5.11. The van der Waals surface area contributed by atoms with Gasteiger partial charge in [-0.3, -0.25) is 0 Å². The standard InChI is InChI=1S/C12H13F11O2/c1-8(13,11(18,19)20)6(9(2,14)12(21,22)23)7(10(15,16)17)25-5-4-24-3/h4-5H2,1-3H3. The summed E-state index contributed by atoms with van der Waals surface area (Å²) in [6.45, 7) is -3.21. The highest BCUT2D eigenvalue weighted by molar-refractivity contribution is 5.35. The van der Waals surface area contributed by atoms with Gasteiger partial charge < -0.3 is 9.47 Å². The van der Waals surface area contributed by atoms with Crippen molar-refractivity contribution in [2.24, 2.45) is 0 Å². The molecule has 0 spiro atoms. The molecule has 0 saturated heterocycles. The molecule has 2 nitrogen and oxygen atoms in total. The fourth-order valence-corrected chi connectivity index (χ4v) is 1.67. The van der Waals surface area contributed by atoms with Crippen molar-refractivity contribution in [2.75, 3.05) is 20.3 Å². The molecule has 150 valence electrons. The van der Waals surface area contributed by atoms with Crippen molar-refractivity contribution in [2.45, 2.75) is 43.7 Å². The van der Waals surface area contributed by atoms with E-state index in [-0.39, 0.29) is 0 Å². The van der Waals surface area contributed by atoms with Crippen LogP contribution in [0.2, 0.25) is 0 Å². The van der Waals surface area contributed by atoms with Crippen molar-refractivity contribution < 1.29 is 57.8 Å². The number of methoxy groups -OCH3 is 1. The van der Waals surface area contributed by atoms with E-state index in [1.54, 1.807) is 0 Å². The van der Waals surface area contributed by atoms with Gasteiger partial charge in [0, 0.05) is 7.11 Å². The normalized spacial score (nSPS) is 18.3.